The SMILES string of the molecule is Cc1ccc(C(=O)c2cccnc2[NH])nc1N1CCCNCC1. The molecule has 6 nitrogen and oxygen atoms in total. The summed E-state index contributed by atoms with van der Waals surface area (Å²) in [6.45, 7) is 5.73. The molecule has 0 saturated carbocycles. The monoisotopic (exact) mass is 310 g/mol. The number of pyridine rings is 2. The van der Waals surface area contributed by atoms with Crippen molar-refractivity contribution in [2.24, 2.45) is 0 Å². The Kier molecular flexibility index (Phi) is 4.52. The first-order valence-corrected chi connectivity index (χ1v) is 7.81. The number of nitrogens with one attached hydrogen (secondary N) is 2. The number of carbonyl (C=O) groups excluding carboxylic acids is 1. The zero-order valence-corrected chi connectivity index (χ0v) is 13.2. The number of hydrogen-bond acceptors (Lipinski definition) is 5. The van der Waals surface area contributed by atoms with Gasteiger partial charge in [0.2, 0.25) is 5.78 Å². The minimum Gasteiger partial charge on any atom is -0.355 e. The quantitative estimate of drug-likeness (QED) is 0.873. The van der Waals surface area contributed by atoms with Gasteiger partial charge in [-0.05, 0) is 43.7 Å². The minimum absolute atomic E-state index is 0.0135. The number of nitrogens with zero attached hydrogens (tertiary/aromatic N) is 3. The van der Waals surface area contributed by atoms with Gasteiger partial charge in [0.25, 0.3) is 0 Å². The molecule has 3 rings (SSSR count). The van der Waals surface area contributed by atoms with Crippen LogP contribution in [0.3, 0.4) is 0 Å². The highest BCUT2D eigenvalue weighted by Gasteiger charge is 2.18. The molecule has 119 valence electrons. The van der Waals surface area contributed by atoms with Crippen molar-refractivity contribution in [1.82, 2.24) is 21.0 Å². The fraction of sp³-hybridized carbons (Fsp3) is 0.353. The standard InChI is InChI=1S/C17H20N5O/c1-12-5-6-14(15(23)13-4-2-8-20-16(13)18)21-17(12)22-10-3-7-19-9-11-22/h2,4-6,8,18-19H,3,7,9-11H2,1H3. The van der Waals surface area contributed by atoms with Gasteiger partial charge in [0, 0.05) is 25.8 Å². The predicted octanol–water partition coefficient (Wildman–Crippen LogP) is 1.73. The van der Waals surface area contributed by atoms with Gasteiger partial charge in [-0.3, -0.25) is 10.5 Å². The Bertz CT molecular complexity index is 708. The molecule has 0 aliphatic carbocycles. The highest BCUT2D eigenvalue weighted by molar-refractivity contribution is 6.10. The second-order valence-corrected chi connectivity index (χ2v) is 5.66. The average molecular weight is 310 g/mol. The van der Waals surface area contributed by atoms with Gasteiger partial charge in [0.1, 0.15) is 11.5 Å². The van der Waals surface area contributed by atoms with E-state index in [-0.39, 0.29) is 17.2 Å². The van der Waals surface area contributed by atoms with Gasteiger partial charge in [0.15, 0.2) is 5.82 Å². The first-order valence-electron chi connectivity index (χ1n) is 7.81. The number of rotatable bonds is 3. The topological polar surface area (TPSA) is 81.9 Å². The molecule has 1 aliphatic heterocycles. The van der Waals surface area contributed by atoms with Gasteiger partial charge in [-0.25, -0.2) is 9.97 Å². The predicted molar refractivity (Wildman–Crippen MR) is 89.1 cm³/mol. The average Bonchev–Trinajstić information content (AvgIpc) is 2.84. The molecule has 0 atom stereocenters. The van der Waals surface area contributed by atoms with E-state index >= 15 is 0 Å². The summed E-state index contributed by atoms with van der Waals surface area (Å²) < 4.78 is 0. The van der Waals surface area contributed by atoms with Crippen molar-refractivity contribution in [3.8, 4) is 0 Å². The fourth-order valence-electron chi connectivity index (χ4n) is 2.75. The zero-order chi connectivity index (χ0) is 16.2. The van der Waals surface area contributed by atoms with Crippen molar-refractivity contribution >= 4 is 17.4 Å². The number of aryl methyl sites for hydroxylation is 1. The molecule has 2 aromatic heterocycles. The Morgan fingerprint density at radius 3 is 2.96 bits per heavy atom. The highest BCUT2D eigenvalue weighted by atomic mass is 16.1. The molecule has 0 unspecified atom stereocenters. The van der Waals surface area contributed by atoms with Gasteiger partial charge < -0.3 is 10.2 Å². The summed E-state index contributed by atoms with van der Waals surface area (Å²) in [4.78, 5) is 23.3. The zero-order valence-electron chi connectivity index (χ0n) is 13.2. The molecule has 0 spiro atoms. The summed E-state index contributed by atoms with van der Waals surface area (Å²) in [5.74, 6) is 0.590. The summed E-state index contributed by atoms with van der Waals surface area (Å²) >= 11 is 0. The van der Waals surface area contributed by atoms with E-state index in [1.54, 1.807) is 18.2 Å². The number of hydrogen-bond donors (Lipinski definition) is 1. The van der Waals surface area contributed by atoms with E-state index in [1.807, 2.05) is 13.0 Å². The lowest BCUT2D eigenvalue weighted by molar-refractivity contribution is 0.103. The van der Waals surface area contributed by atoms with Crippen LogP contribution in [-0.2, 0) is 0 Å². The Balaban J connectivity index is 1.93. The molecule has 6 heteroatoms. The third-order valence-electron chi connectivity index (χ3n) is 3.99. The van der Waals surface area contributed by atoms with E-state index in [1.165, 1.54) is 6.20 Å². The summed E-state index contributed by atoms with van der Waals surface area (Å²) in [7, 11) is 0. The normalized spacial score (nSPS) is 15.3. The van der Waals surface area contributed by atoms with E-state index in [9.17, 15) is 4.79 Å². The molecule has 0 bridgehead atoms. The number of ketones is 1. The van der Waals surface area contributed by atoms with Crippen LogP contribution < -0.4 is 16.0 Å². The van der Waals surface area contributed by atoms with Gasteiger partial charge >= 0.3 is 0 Å². The van der Waals surface area contributed by atoms with Crippen molar-refractivity contribution in [2.75, 3.05) is 31.1 Å². The first-order chi connectivity index (χ1) is 11.2. The maximum atomic E-state index is 12.6. The molecule has 0 amide bonds. The summed E-state index contributed by atoms with van der Waals surface area (Å²) in [6, 6.07) is 6.94. The number of anilines is 1. The van der Waals surface area contributed by atoms with E-state index in [0.29, 0.717) is 5.69 Å². The number of carbonyl (C=O) groups is 1. The molecule has 3 heterocycles. The van der Waals surface area contributed by atoms with Crippen LogP contribution in [0.2, 0.25) is 0 Å². The molecule has 1 radical (unpaired) electrons. The first kappa shape index (κ1) is 15.4. The van der Waals surface area contributed by atoms with E-state index in [4.69, 9.17) is 5.73 Å². The van der Waals surface area contributed by atoms with E-state index in [2.05, 4.69) is 20.2 Å². The summed E-state index contributed by atoms with van der Waals surface area (Å²) in [5.41, 5.74) is 9.50. The Morgan fingerprint density at radius 2 is 2.13 bits per heavy atom. The summed E-state index contributed by atoms with van der Waals surface area (Å²) in [5, 5.41) is 3.37. The van der Waals surface area contributed by atoms with Gasteiger partial charge in [-0.2, -0.15) is 0 Å². The molecule has 1 aliphatic rings. The smallest absolute Gasteiger partial charge is 0.215 e. The fourth-order valence-corrected chi connectivity index (χ4v) is 2.75. The van der Waals surface area contributed by atoms with Gasteiger partial charge in [-0.1, -0.05) is 6.07 Å². The van der Waals surface area contributed by atoms with Crippen LogP contribution in [-0.4, -0.2) is 41.9 Å². The highest BCUT2D eigenvalue weighted by Crippen LogP contribution is 2.21. The molecule has 23 heavy (non-hydrogen) atoms. The van der Waals surface area contributed by atoms with E-state index in [0.717, 1.165) is 44.0 Å². The molecule has 2 N–H and O–H groups in total. The Labute approximate surface area is 135 Å². The van der Waals surface area contributed by atoms with Crippen LogP contribution in [0.1, 0.15) is 28.0 Å². The van der Waals surface area contributed by atoms with Crippen molar-refractivity contribution < 1.29 is 4.79 Å². The van der Waals surface area contributed by atoms with Crippen LogP contribution in [0.5, 0.6) is 0 Å². The van der Waals surface area contributed by atoms with Crippen molar-refractivity contribution in [1.29, 1.82) is 0 Å². The minimum atomic E-state index is -0.253. The molecule has 1 fully saturated rings. The Morgan fingerprint density at radius 1 is 1.26 bits per heavy atom. The van der Waals surface area contributed by atoms with Gasteiger partial charge in [-0.15, -0.1) is 0 Å². The van der Waals surface area contributed by atoms with Crippen molar-refractivity contribution in [2.45, 2.75) is 13.3 Å². The molecule has 0 aromatic carbocycles. The molecular weight excluding hydrogens is 290 g/mol. The second-order valence-electron chi connectivity index (χ2n) is 5.66. The lowest BCUT2D eigenvalue weighted by atomic mass is 10.1. The van der Waals surface area contributed by atoms with Crippen molar-refractivity contribution in [3.05, 3.63) is 47.3 Å². The molecular formula is C17H20N5O. The maximum absolute atomic E-state index is 12.6. The molecule has 1 saturated heterocycles. The lowest BCUT2D eigenvalue weighted by Gasteiger charge is -2.23. The largest absolute Gasteiger partial charge is 0.355 e. The third-order valence-corrected chi connectivity index (χ3v) is 3.99. The Hall–Kier alpha value is -2.47. The number of aromatic nitrogens is 2. The van der Waals surface area contributed by atoms with Crippen LogP contribution >= 0.6 is 0 Å². The van der Waals surface area contributed by atoms with E-state index < -0.39 is 0 Å². The van der Waals surface area contributed by atoms with Crippen LogP contribution in [0, 0.1) is 6.92 Å². The van der Waals surface area contributed by atoms with Crippen LogP contribution in [0.15, 0.2) is 30.5 Å². The summed E-state index contributed by atoms with van der Waals surface area (Å²) in [6.07, 6.45) is 2.57. The van der Waals surface area contributed by atoms with Crippen LogP contribution in [0.4, 0.5) is 11.6 Å². The third kappa shape index (κ3) is 3.32. The maximum Gasteiger partial charge on any atom is 0.215 e. The second kappa shape index (κ2) is 6.75. The lowest BCUT2D eigenvalue weighted by Crippen LogP contribution is -2.29. The van der Waals surface area contributed by atoms with Crippen LogP contribution in [0.25, 0.3) is 0 Å². The van der Waals surface area contributed by atoms with Gasteiger partial charge in [0.05, 0.1) is 5.56 Å². The van der Waals surface area contributed by atoms with Crippen molar-refractivity contribution in [3.63, 3.8) is 0 Å². The molecule has 2 aromatic rings.